The lowest BCUT2D eigenvalue weighted by molar-refractivity contribution is -0.114. The maximum absolute atomic E-state index is 10.8. The van der Waals surface area contributed by atoms with Crippen molar-refractivity contribution in [2.24, 2.45) is 5.73 Å². The monoisotopic (exact) mass is 184 g/mol. The van der Waals surface area contributed by atoms with Crippen LogP contribution >= 0.6 is 0 Å². The maximum atomic E-state index is 10.8. The average Bonchev–Trinajstić information content (AvgIpc) is 2.03. The van der Waals surface area contributed by atoms with Crippen molar-refractivity contribution in [1.29, 1.82) is 0 Å². The standard InChI is InChI=1S/C10H20N2O/c1-4-9(10(11)13)7-5-6-8-12(2)3/h7H,4-6,8H2,1-3H3,(H2,11,13). The van der Waals surface area contributed by atoms with E-state index in [1.807, 2.05) is 27.1 Å². The molecule has 3 heteroatoms. The van der Waals surface area contributed by atoms with E-state index in [9.17, 15) is 4.79 Å². The van der Waals surface area contributed by atoms with E-state index in [2.05, 4.69) is 4.90 Å². The van der Waals surface area contributed by atoms with Gasteiger partial charge in [-0.15, -0.1) is 0 Å². The van der Waals surface area contributed by atoms with Gasteiger partial charge in [0.15, 0.2) is 0 Å². The molecular weight excluding hydrogens is 164 g/mol. The zero-order valence-electron chi connectivity index (χ0n) is 8.84. The molecule has 76 valence electrons. The Bertz CT molecular complexity index is 185. The van der Waals surface area contributed by atoms with E-state index in [1.54, 1.807) is 0 Å². The highest BCUT2D eigenvalue weighted by atomic mass is 16.1. The van der Waals surface area contributed by atoms with E-state index in [1.165, 1.54) is 0 Å². The minimum Gasteiger partial charge on any atom is -0.366 e. The summed E-state index contributed by atoms with van der Waals surface area (Å²) in [6, 6.07) is 0. The topological polar surface area (TPSA) is 46.3 Å². The Kier molecular flexibility index (Phi) is 6.24. The zero-order chi connectivity index (χ0) is 10.3. The third-order valence-electron chi connectivity index (χ3n) is 1.90. The van der Waals surface area contributed by atoms with Crippen LogP contribution in [0, 0.1) is 0 Å². The zero-order valence-corrected chi connectivity index (χ0v) is 8.84. The fourth-order valence-corrected chi connectivity index (χ4v) is 1.10. The second-order valence-corrected chi connectivity index (χ2v) is 3.39. The maximum Gasteiger partial charge on any atom is 0.244 e. The molecule has 0 aliphatic carbocycles. The molecule has 0 fully saturated rings. The minimum atomic E-state index is -0.285. The molecule has 13 heavy (non-hydrogen) atoms. The van der Waals surface area contributed by atoms with Crippen LogP contribution in [-0.2, 0) is 4.79 Å². The third kappa shape index (κ3) is 6.34. The Balaban J connectivity index is 3.74. The quantitative estimate of drug-likeness (QED) is 0.497. The summed E-state index contributed by atoms with van der Waals surface area (Å²) in [6.45, 7) is 2.99. The van der Waals surface area contributed by atoms with Gasteiger partial charge in [0.1, 0.15) is 0 Å². The SMILES string of the molecule is CCC(=CCCCN(C)C)C(N)=O. The molecule has 0 bridgehead atoms. The molecular formula is C10H20N2O. The Labute approximate surface area is 80.6 Å². The van der Waals surface area contributed by atoms with E-state index in [4.69, 9.17) is 5.73 Å². The van der Waals surface area contributed by atoms with Gasteiger partial charge in [-0.25, -0.2) is 0 Å². The van der Waals surface area contributed by atoms with Crippen LogP contribution < -0.4 is 5.73 Å². The average molecular weight is 184 g/mol. The summed E-state index contributed by atoms with van der Waals surface area (Å²) in [5, 5.41) is 0. The summed E-state index contributed by atoms with van der Waals surface area (Å²) in [6.07, 6.45) is 4.69. The van der Waals surface area contributed by atoms with Crippen molar-refractivity contribution >= 4 is 5.91 Å². The number of allylic oxidation sites excluding steroid dienone is 1. The first-order valence-electron chi connectivity index (χ1n) is 4.71. The van der Waals surface area contributed by atoms with Crippen LogP contribution in [0.3, 0.4) is 0 Å². The minimum absolute atomic E-state index is 0.285. The number of carbonyl (C=O) groups excluding carboxylic acids is 1. The van der Waals surface area contributed by atoms with Crippen LogP contribution in [0.5, 0.6) is 0 Å². The highest BCUT2D eigenvalue weighted by molar-refractivity contribution is 5.91. The molecule has 2 N–H and O–H groups in total. The number of unbranched alkanes of at least 4 members (excludes halogenated alkanes) is 1. The van der Waals surface area contributed by atoms with Crippen molar-refractivity contribution in [1.82, 2.24) is 4.90 Å². The van der Waals surface area contributed by atoms with E-state index >= 15 is 0 Å². The molecule has 0 heterocycles. The van der Waals surface area contributed by atoms with Gasteiger partial charge in [-0.2, -0.15) is 0 Å². The Morgan fingerprint density at radius 3 is 2.46 bits per heavy atom. The molecule has 0 aliphatic rings. The van der Waals surface area contributed by atoms with Crippen molar-refractivity contribution < 1.29 is 4.79 Å². The lowest BCUT2D eigenvalue weighted by atomic mass is 10.1. The van der Waals surface area contributed by atoms with Crippen LogP contribution in [0.1, 0.15) is 26.2 Å². The number of carbonyl (C=O) groups is 1. The first-order chi connectivity index (χ1) is 6.07. The summed E-state index contributed by atoms with van der Waals surface area (Å²) in [4.78, 5) is 12.9. The van der Waals surface area contributed by atoms with Gasteiger partial charge in [-0.3, -0.25) is 4.79 Å². The van der Waals surface area contributed by atoms with E-state index in [-0.39, 0.29) is 5.91 Å². The molecule has 0 aromatic carbocycles. The fraction of sp³-hybridized carbons (Fsp3) is 0.700. The van der Waals surface area contributed by atoms with Crippen molar-refractivity contribution in [3.8, 4) is 0 Å². The van der Waals surface area contributed by atoms with Gasteiger partial charge < -0.3 is 10.6 Å². The van der Waals surface area contributed by atoms with Gasteiger partial charge >= 0.3 is 0 Å². The summed E-state index contributed by atoms with van der Waals surface area (Å²) in [5.41, 5.74) is 5.92. The molecule has 0 spiro atoms. The van der Waals surface area contributed by atoms with Gasteiger partial charge in [0.25, 0.3) is 0 Å². The molecule has 0 saturated carbocycles. The van der Waals surface area contributed by atoms with Crippen LogP contribution in [0.4, 0.5) is 0 Å². The lowest BCUT2D eigenvalue weighted by Crippen LogP contribution is -2.14. The summed E-state index contributed by atoms with van der Waals surface area (Å²) >= 11 is 0. The van der Waals surface area contributed by atoms with Crippen molar-refractivity contribution in [3.63, 3.8) is 0 Å². The smallest absolute Gasteiger partial charge is 0.244 e. The number of nitrogens with two attached hydrogens (primary N) is 1. The number of rotatable bonds is 6. The Hall–Kier alpha value is -0.830. The second-order valence-electron chi connectivity index (χ2n) is 3.39. The summed E-state index contributed by atoms with van der Waals surface area (Å²) in [5.74, 6) is -0.285. The highest BCUT2D eigenvalue weighted by Gasteiger charge is 1.99. The highest BCUT2D eigenvalue weighted by Crippen LogP contribution is 2.03. The fourth-order valence-electron chi connectivity index (χ4n) is 1.10. The number of amides is 1. The molecule has 0 aromatic heterocycles. The van der Waals surface area contributed by atoms with Gasteiger partial charge in [0, 0.05) is 5.57 Å². The molecule has 0 radical (unpaired) electrons. The number of hydrogen-bond acceptors (Lipinski definition) is 2. The predicted octanol–water partition coefficient (Wildman–Crippen LogP) is 1.15. The van der Waals surface area contributed by atoms with Gasteiger partial charge in [0.2, 0.25) is 5.91 Å². The van der Waals surface area contributed by atoms with Crippen molar-refractivity contribution in [3.05, 3.63) is 11.6 Å². The lowest BCUT2D eigenvalue weighted by Gasteiger charge is -2.07. The normalized spacial score (nSPS) is 12.2. The van der Waals surface area contributed by atoms with E-state index in [0.717, 1.165) is 31.4 Å². The van der Waals surface area contributed by atoms with Gasteiger partial charge in [-0.1, -0.05) is 13.0 Å². The molecule has 0 saturated heterocycles. The van der Waals surface area contributed by atoms with E-state index < -0.39 is 0 Å². The Morgan fingerprint density at radius 2 is 2.08 bits per heavy atom. The first-order valence-corrected chi connectivity index (χ1v) is 4.71. The van der Waals surface area contributed by atoms with Crippen LogP contribution in [0.15, 0.2) is 11.6 Å². The molecule has 0 aromatic rings. The molecule has 0 aliphatic heterocycles. The van der Waals surface area contributed by atoms with Crippen molar-refractivity contribution in [2.75, 3.05) is 20.6 Å². The number of primary amides is 1. The van der Waals surface area contributed by atoms with Gasteiger partial charge in [0.05, 0.1) is 0 Å². The Morgan fingerprint density at radius 1 is 1.46 bits per heavy atom. The molecule has 0 rings (SSSR count). The summed E-state index contributed by atoms with van der Waals surface area (Å²) in [7, 11) is 4.08. The molecule has 3 nitrogen and oxygen atoms in total. The van der Waals surface area contributed by atoms with E-state index in [0.29, 0.717) is 0 Å². The van der Waals surface area contributed by atoms with Crippen LogP contribution in [0.25, 0.3) is 0 Å². The number of hydrogen-bond donors (Lipinski definition) is 1. The molecule has 0 unspecified atom stereocenters. The predicted molar refractivity (Wildman–Crippen MR) is 55.4 cm³/mol. The van der Waals surface area contributed by atoms with Gasteiger partial charge in [-0.05, 0) is 39.9 Å². The molecule has 1 amide bonds. The van der Waals surface area contributed by atoms with Crippen molar-refractivity contribution in [2.45, 2.75) is 26.2 Å². The largest absolute Gasteiger partial charge is 0.366 e. The first kappa shape index (κ1) is 12.2. The van der Waals surface area contributed by atoms with Crippen LogP contribution in [-0.4, -0.2) is 31.4 Å². The van der Waals surface area contributed by atoms with Crippen LogP contribution in [0.2, 0.25) is 0 Å². The second kappa shape index (κ2) is 6.66. The summed E-state index contributed by atoms with van der Waals surface area (Å²) < 4.78 is 0. The molecule has 0 atom stereocenters. The third-order valence-corrected chi connectivity index (χ3v) is 1.90. The number of nitrogens with zero attached hydrogens (tertiary/aromatic N) is 1.